The van der Waals surface area contributed by atoms with E-state index in [0.717, 1.165) is 5.56 Å². The molecule has 1 aliphatic heterocycles. The van der Waals surface area contributed by atoms with E-state index in [1.54, 1.807) is 13.8 Å². The third-order valence-corrected chi connectivity index (χ3v) is 3.65. The zero-order chi connectivity index (χ0) is 16.1. The van der Waals surface area contributed by atoms with E-state index in [0.29, 0.717) is 13.1 Å². The van der Waals surface area contributed by atoms with Gasteiger partial charge in [0.1, 0.15) is 0 Å². The Balaban J connectivity index is 2.08. The molecule has 0 aliphatic carbocycles. The van der Waals surface area contributed by atoms with Gasteiger partial charge in [0, 0.05) is 19.5 Å². The summed E-state index contributed by atoms with van der Waals surface area (Å²) in [5.41, 5.74) is 1.05. The molecular formula is C17H23NO4. The molecule has 22 heavy (non-hydrogen) atoms. The summed E-state index contributed by atoms with van der Waals surface area (Å²) < 4.78 is 5.15. The summed E-state index contributed by atoms with van der Waals surface area (Å²) in [6.07, 6.45) is -0.727. The zero-order valence-electron chi connectivity index (χ0n) is 13.1. The van der Waals surface area contributed by atoms with Crippen LogP contribution in [0.2, 0.25) is 0 Å². The highest BCUT2D eigenvalue weighted by atomic mass is 16.5. The third-order valence-electron chi connectivity index (χ3n) is 3.65. The summed E-state index contributed by atoms with van der Waals surface area (Å²) in [6.45, 7) is 4.49. The summed E-state index contributed by atoms with van der Waals surface area (Å²) >= 11 is 0. The molecule has 1 fully saturated rings. The fraction of sp³-hybridized carbons (Fsp3) is 0.529. The van der Waals surface area contributed by atoms with Gasteiger partial charge >= 0.3 is 5.97 Å². The van der Waals surface area contributed by atoms with Gasteiger partial charge in [-0.05, 0) is 19.4 Å². The number of hydrogen-bond donors (Lipinski definition) is 1. The summed E-state index contributed by atoms with van der Waals surface area (Å²) in [7, 11) is 0. The minimum Gasteiger partial charge on any atom is -0.463 e. The second-order valence-electron chi connectivity index (χ2n) is 6.00. The zero-order valence-corrected chi connectivity index (χ0v) is 13.1. The summed E-state index contributed by atoms with van der Waals surface area (Å²) in [6, 6.07) is 9.20. The molecule has 0 spiro atoms. The first-order valence-electron chi connectivity index (χ1n) is 7.64. The molecule has 1 saturated heterocycles. The first kappa shape index (κ1) is 16.6. The number of esters is 1. The van der Waals surface area contributed by atoms with Crippen LogP contribution >= 0.6 is 0 Å². The van der Waals surface area contributed by atoms with Crippen LogP contribution in [0, 0.1) is 0 Å². The Hall–Kier alpha value is -1.72. The number of Topliss-reactive ketones (excluding diaryl/α,β-unsaturated/α-hetero) is 1. The molecule has 2 rings (SSSR count). The number of carbonyl (C=O) groups excluding carboxylic acids is 2. The minimum atomic E-state index is -0.673. The van der Waals surface area contributed by atoms with E-state index in [9.17, 15) is 14.7 Å². The van der Waals surface area contributed by atoms with Gasteiger partial charge in [0.05, 0.1) is 24.7 Å². The number of nitrogens with zero attached hydrogens (tertiary/aromatic N) is 1. The molecule has 1 aliphatic rings. The number of hydrogen-bond acceptors (Lipinski definition) is 5. The van der Waals surface area contributed by atoms with Crippen LogP contribution in [0.1, 0.15) is 32.3 Å². The average Bonchev–Trinajstić information content (AvgIpc) is 2.43. The van der Waals surface area contributed by atoms with E-state index in [2.05, 4.69) is 0 Å². The lowest BCUT2D eigenvalue weighted by atomic mass is 9.95. The van der Waals surface area contributed by atoms with Crippen molar-refractivity contribution in [3.63, 3.8) is 0 Å². The summed E-state index contributed by atoms with van der Waals surface area (Å²) in [5, 5.41) is 9.85. The van der Waals surface area contributed by atoms with Crippen LogP contribution in [0.5, 0.6) is 0 Å². The Morgan fingerprint density at radius 1 is 1.36 bits per heavy atom. The van der Waals surface area contributed by atoms with Gasteiger partial charge < -0.3 is 9.84 Å². The first-order valence-corrected chi connectivity index (χ1v) is 7.64. The van der Waals surface area contributed by atoms with Crippen molar-refractivity contribution in [3.8, 4) is 0 Å². The highest BCUT2D eigenvalue weighted by Gasteiger charge is 2.35. The number of carbonyl (C=O) groups is 2. The van der Waals surface area contributed by atoms with E-state index in [1.165, 1.54) is 0 Å². The number of β-amino-alcohol motifs (C(OH)–C–C–N with tert-alkyl or cyclic N) is 1. The van der Waals surface area contributed by atoms with Gasteiger partial charge in [-0.25, -0.2) is 0 Å². The van der Waals surface area contributed by atoms with Gasteiger partial charge in [-0.1, -0.05) is 30.3 Å². The van der Waals surface area contributed by atoms with Crippen LogP contribution in [0.3, 0.4) is 0 Å². The quantitative estimate of drug-likeness (QED) is 0.836. The predicted molar refractivity (Wildman–Crippen MR) is 82.1 cm³/mol. The number of rotatable bonds is 5. The van der Waals surface area contributed by atoms with Gasteiger partial charge in [0.25, 0.3) is 0 Å². The van der Waals surface area contributed by atoms with Crippen molar-refractivity contribution in [2.24, 2.45) is 0 Å². The van der Waals surface area contributed by atoms with Crippen LogP contribution < -0.4 is 0 Å². The van der Waals surface area contributed by atoms with Crippen LogP contribution in [-0.2, 0) is 20.9 Å². The van der Waals surface area contributed by atoms with Crippen molar-refractivity contribution in [2.75, 3.05) is 6.54 Å². The maximum absolute atomic E-state index is 12.2. The molecule has 0 radical (unpaired) electrons. The van der Waals surface area contributed by atoms with Gasteiger partial charge in [-0.15, -0.1) is 0 Å². The highest BCUT2D eigenvalue weighted by molar-refractivity contribution is 5.89. The number of likely N-dealkylation sites (tertiary alicyclic amines) is 1. The lowest BCUT2D eigenvalue weighted by molar-refractivity contribution is -0.152. The molecule has 5 heteroatoms. The smallest absolute Gasteiger partial charge is 0.308 e. The maximum Gasteiger partial charge on any atom is 0.308 e. The molecule has 0 aromatic heterocycles. The minimum absolute atomic E-state index is 0.0383. The summed E-state index contributed by atoms with van der Waals surface area (Å²) in [5.74, 6) is -0.474. The van der Waals surface area contributed by atoms with Crippen LogP contribution in [-0.4, -0.2) is 46.6 Å². The molecule has 1 heterocycles. The van der Waals surface area contributed by atoms with E-state index in [4.69, 9.17) is 4.74 Å². The Bertz CT molecular complexity index is 515. The number of ketones is 1. The van der Waals surface area contributed by atoms with Gasteiger partial charge in [-0.3, -0.25) is 14.5 Å². The lowest BCUT2D eigenvalue weighted by Gasteiger charge is -2.36. The van der Waals surface area contributed by atoms with Crippen molar-refractivity contribution >= 4 is 11.8 Å². The fourth-order valence-electron chi connectivity index (χ4n) is 2.74. The van der Waals surface area contributed by atoms with Crippen LogP contribution in [0.15, 0.2) is 30.3 Å². The molecule has 2 atom stereocenters. The molecule has 0 saturated carbocycles. The van der Waals surface area contributed by atoms with E-state index >= 15 is 0 Å². The molecule has 0 bridgehead atoms. The van der Waals surface area contributed by atoms with Crippen LogP contribution in [0.25, 0.3) is 0 Å². The Morgan fingerprint density at radius 2 is 2.05 bits per heavy atom. The monoisotopic (exact) mass is 305 g/mol. The fourth-order valence-corrected chi connectivity index (χ4v) is 2.74. The Kier molecular flexibility index (Phi) is 5.69. The summed E-state index contributed by atoms with van der Waals surface area (Å²) in [4.78, 5) is 26.0. The lowest BCUT2D eigenvalue weighted by Crippen LogP contribution is -2.51. The number of piperidine rings is 1. The number of aliphatic hydroxyl groups excluding tert-OH is 1. The van der Waals surface area contributed by atoms with Crippen molar-refractivity contribution in [3.05, 3.63) is 35.9 Å². The molecular weight excluding hydrogens is 282 g/mol. The van der Waals surface area contributed by atoms with Crippen LogP contribution in [0.4, 0.5) is 0 Å². The first-order chi connectivity index (χ1) is 10.5. The second-order valence-corrected chi connectivity index (χ2v) is 6.00. The molecule has 1 unspecified atom stereocenters. The van der Waals surface area contributed by atoms with E-state index in [1.807, 2.05) is 35.2 Å². The molecule has 1 aromatic rings. The normalized spacial score (nSPS) is 22.8. The largest absolute Gasteiger partial charge is 0.463 e. The Morgan fingerprint density at radius 3 is 2.68 bits per heavy atom. The highest BCUT2D eigenvalue weighted by Crippen LogP contribution is 2.20. The maximum atomic E-state index is 12.2. The topological polar surface area (TPSA) is 66.8 Å². The van der Waals surface area contributed by atoms with Crippen molar-refractivity contribution in [2.45, 2.75) is 51.5 Å². The van der Waals surface area contributed by atoms with E-state index in [-0.39, 0.29) is 30.7 Å². The third kappa shape index (κ3) is 4.64. The molecule has 5 nitrogen and oxygen atoms in total. The predicted octanol–water partition coefficient (Wildman–Crippen LogP) is 1.53. The Labute approximate surface area is 130 Å². The van der Waals surface area contributed by atoms with Crippen molar-refractivity contribution in [1.82, 2.24) is 4.90 Å². The van der Waals surface area contributed by atoms with Crippen molar-refractivity contribution < 1.29 is 19.4 Å². The average molecular weight is 305 g/mol. The number of aliphatic hydroxyl groups is 1. The van der Waals surface area contributed by atoms with Gasteiger partial charge in [0.15, 0.2) is 5.78 Å². The standard InChI is InChI=1S/C17H23NO4/c1-12(2)22-17(21)9-15-16(20)8-14(19)11-18(15)10-13-6-4-3-5-7-13/h3-7,12,14-15,19H,8-11H2,1-2H3/t14?,15-/m0/s1. The van der Waals surface area contributed by atoms with Crippen molar-refractivity contribution in [1.29, 1.82) is 0 Å². The molecule has 1 N–H and O–H groups in total. The molecule has 0 amide bonds. The van der Waals surface area contributed by atoms with E-state index < -0.39 is 12.1 Å². The van der Waals surface area contributed by atoms with Gasteiger partial charge in [0.2, 0.25) is 0 Å². The number of ether oxygens (including phenoxy) is 1. The van der Waals surface area contributed by atoms with Gasteiger partial charge in [-0.2, -0.15) is 0 Å². The number of benzene rings is 1. The molecule has 120 valence electrons. The second kappa shape index (κ2) is 7.51. The molecule has 1 aromatic carbocycles. The SMILES string of the molecule is CC(C)OC(=O)C[C@H]1C(=O)CC(O)CN1Cc1ccccc1.